The zero-order chi connectivity index (χ0) is 17.6. The second-order valence-corrected chi connectivity index (χ2v) is 5.49. The monoisotopic (exact) mass is 334 g/mol. The molecule has 0 saturated heterocycles. The molecule has 0 aliphatic carbocycles. The van der Waals surface area contributed by atoms with Gasteiger partial charge in [-0.05, 0) is 35.0 Å². The van der Waals surface area contributed by atoms with Crippen molar-refractivity contribution in [1.82, 2.24) is 5.32 Å². The summed E-state index contributed by atoms with van der Waals surface area (Å²) < 4.78 is 5.18. The van der Waals surface area contributed by atoms with Gasteiger partial charge < -0.3 is 15.4 Å². The van der Waals surface area contributed by atoms with Gasteiger partial charge in [0.1, 0.15) is 5.75 Å². The Labute approximate surface area is 145 Å². The van der Waals surface area contributed by atoms with Gasteiger partial charge in [-0.3, -0.25) is 9.59 Å². The predicted molar refractivity (Wildman–Crippen MR) is 97.9 cm³/mol. The number of fused-ring (bicyclic) bond motifs is 1. The first-order valence-electron chi connectivity index (χ1n) is 7.87. The number of rotatable bonds is 5. The van der Waals surface area contributed by atoms with Crippen LogP contribution in [0.1, 0.15) is 10.4 Å². The molecule has 2 amide bonds. The Morgan fingerprint density at radius 1 is 0.920 bits per heavy atom. The van der Waals surface area contributed by atoms with Crippen molar-refractivity contribution in [3.8, 4) is 5.75 Å². The number of methoxy groups -OCH3 is 1. The number of hydrogen-bond acceptors (Lipinski definition) is 3. The van der Waals surface area contributed by atoms with Crippen LogP contribution in [0.15, 0.2) is 66.7 Å². The summed E-state index contributed by atoms with van der Waals surface area (Å²) in [4.78, 5) is 24.3. The van der Waals surface area contributed by atoms with Crippen molar-refractivity contribution in [3.63, 3.8) is 0 Å². The summed E-state index contributed by atoms with van der Waals surface area (Å²) in [6.07, 6.45) is 0. The van der Waals surface area contributed by atoms with Crippen molar-refractivity contribution in [2.45, 2.75) is 0 Å². The number of benzene rings is 3. The molecule has 0 saturated carbocycles. The van der Waals surface area contributed by atoms with Gasteiger partial charge in [0, 0.05) is 5.56 Å². The summed E-state index contributed by atoms with van der Waals surface area (Å²) in [5.41, 5.74) is 1.08. The summed E-state index contributed by atoms with van der Waals surface area (Å²) in [5.74, 6) is -0.0451. The second kappa shape index (κ2) is 7.49. The molecule has 0 aromatic heterocycles. The highest BCUT2D eigenvalue weighted by Crippen LogP contribution is 2.22. The fourth-order valence-electron chi connectivity index (χ4n) is 2.54. The van der Waals surface area contributed by atoms with Gasteiger partial charge in [-0.2, -0.15) is 0 Å². The van der Waals surface area contributed by atoms with Gasteiger partial charge in [-0.15, -0.1) is 0 Å². The molecule has 2 N–H and O–H groups in total. The molecule has 126 valence electrons. The Morgan fingerprint density at radius 3 is 2.44 bits per heavy atom. The third-order valence-corrected chi connectivity index (χ3v) is 3.80. The lowest BCUT2D eigenvalue weighted by atomic mass is 10.1. The van der Waals surface area contributed by atoms with E-state index in [1.54, 1.807) is 24.3 Å². The predicted octanol–water partition coefficient (Wildman–Crippen LogP) is 3.22. The fourth-order valence-corrected chi connectivity index (χ4v) is 2.54. The molecule has 0 unspecified atom stereocenters. The lowest BCUT2D eigenvalue weighted by molar-refractivity contribution is -0.115. The minimum Gasteiger partial charge on any atom is -0.495 e. The highest BCUT2D eigenvalue weighted by molar-refractivity contribution is 6.01. The number of ether oxygens (including phenoxy) is 1. The van der Waals surface area contributed by atoms with Gasteiger partial charge in [0.25, 0.3) is 5.91 Å². The minimum atomic E-state index is -0.321. The number of amides is 2. The van der Waals surface area contributed by atoms with E-state index in [1.165, 1.54) is 7.11 Å². The van der Waals surface area contributed by atoms with Crippen LogP contribution in [-0.4, -0.2) is 25.5 Å². The summed E-state index contributed by atoms with van der Waals surface area (Å²) in [6, 6.07) is 20.3. The maximum Gasteiger partial charge on any atom is 0.251 e. The van der Waals surface area contributed by atoms with Crippen LogP contribution < -0.4 is 15.4 Å². The van der Waals surface area contributed by atoms with Crippen molar-refractivity contribution >= 4 is 28.3 Å². The molecule has 5 nitrogen and oxygen atoms in total. The van der Waals surface area contributed by atoms with Crippen LogP contribution in [0.4, 0.5) is 5.69 Å². The second-order valence-electron chi connectivity index (χ2n) is 5.49. The quantitative estimate of drug-likeness (QED) is 0.753. The highest BCUT2D eigenvalue weighted by atomic mass is 16.5. The minimum absolute atomic E-state index is 0.121. The van der Waals surface area contributed by atoms with Gasteiger partial charge in [0.15, 0.2) is 0 Å². The van der Waals surface area contributed by atoms with Crippen LogP contribution in [0.3, 0.4) is 0 Å². The molecular formula is C20H18N2O3. The largest absolute Gasteiger partial charge is 0.495 e. The zero-order valence-corrected chi connectivity index (χ0v) is 13.8. The van der Waals surface area contributed by atoms with E-state index in [-0.39, 0.29) is 18.4 Å². The third kappa shape index (κ3) is 3.95. The molecule has 0 bridgehead atoms. The van der Waals surface area contributed by atoms with E-state index >= 15 is 0 Å². The summed E-state index contributed by atoms with van der Waals surface area (Å²) in [6.45, 7) is -0.121. The molecule has 5 heteroatoms. The average Bonchev–Trinajstić information content (AvgIpc) is 2.66. The lowest BCUT2D eigenvalue weighted by Crippen LogP contribution is -2.32. The molecule has 0 aliphatic heterocycles. The van der Waals surface area contributed by atoms with Gasteiger partial charge >= 0.3 is 0 Å². The molecular weight excluding hydrogens is 316 g/mol. The number of nitrogens with one attached hydrogen (secondary N) is 2. The van der Waals surface area contributed by atoms with Crippen molar-refractivity contribution in [1.29, 1.82) is 0 Å². The van der Waals surface area contributed by atoms with Crippen molar-refractivity contribution < 1.29 is 14.3 Å². The van der Waals surface area contributed by atoms with Gasteiger partial charge in [-0.1, -0.05) is 42.5 Å². The molecule has 3 aromatic rings. The molecule has 0 spiro atoms. The van der Waals surface area contributed by atoms with Crippen LogP contribution in [0.2, 0.25) is 0 Å². The Balaban J connectivity index is 1.62. The first-order valence-corrected chi connectivity index (χ1v) is 7.87. The van der Waals surface area contributed by atoms with Crippen molar-refractivity contribution in [2.24, 2.45) is 0 Å². The molecule has 0 fully saturated rings. The van der Waals surface area contributed by atoms with E-state index in [2.05, 4.69) is 10.6 Å². The number of anilines is 1. The van der Waals surface area contributed by atoms with E-state index in [4.69, 9.17) is 4.74 Å². The fraction of sp³-hybridized carbons (Fsp3) is 0.100. The summed E-state index contributed by atoms with van der Waals surface area (Å²) in [5, 5.41) is 7.39. The molecule has 0 atom stereocenters. The molecule has 3 aromatic carbocycles. The molecule has 0 heterocycles. The summed E-state index contributed by atoms with van der Waals surface area (Å²) in [7, 11) is 1.53. The van der Waals surface area contributed by atoms with Crippen LogP contribution in [0.5, 0.6) is 5.75 Å². The number of carbonyl (C=O) groups is 2. The zero-order valence-electron chi connectivity index (χ0n) is 13.8. The average molecular weight is 334 g/mol. The topological polar surface area (TPSA) is 67.4 Å². The van der Waals surface area contributed by atoms with E-state index in [0.29, 0.717) is 17.0 Å². The van der Waals surface area contributed by atoms with Crippen molar-refractivity contribution in [3.05, 3.63) is 72.3 Å². The van der Waals surface area contributed by atoms with E-state index < -0.39 is 0 Å². The van der Waals surface area contributed by atoms with Crippen LogP contribution in [0.25, 0.3) is 10.8 Å². The van der Waals surface area contributed by atoms with Gasteiger partial charge in [-0.25, -0.2) is 0 Å². The van der Waals surface area contributed by atoms with Crippen LogP contribution in [-0.2, 0) is 4.79 Å². The lowest BCUT2D eigenvalue weighted by Gasteiger charge is -2.10. The van der Waals surface area contributed by atoms with Gasteiger partial charge in [0.2, 0.25) is 5.91 Å². The highest BCUT2D eigenvalue weighted by Gasteiger charge is 2.10. The Hall–Kier alpha value is -3.34. The summed E-state index contributed by atoms with van der Waals surface area (Å²) >= 11 is 0. The molecule has 25 heavy (non-hydrogen) atoms. The maximum atomic E-state index is 12.3. The SMILES string of the molecule is COc1ccccc1NC(=O)CNC(=O)c1ccc2ccccc2c1. The first kappa shape index (κ1) is 16.5. The first-order chi connectivity index (χ1) is 12.2. The number of hydrogen-bond donors (Lipinski definition) is 2. The van der Waals surface area contributed by atoms with Crippen molar-refractivity contribution in [2.75, 3.05) is 19.0 Å². The maximum absolute atomic E-state index is 12.3. The van der Waals surface area contributed by atoms with Crippen LogP contribution in [0, 0.1) is 0 Å². The number of carbonyl (C=O) groups excluding carboxylic acids is 2. The van der Waals surface area contributed by atoms with E-state index in [1.807, 2.05) is 42.5 Å². The van der Waals surface area contributed by atoms with Crippen LogP contribution >= 0.6 is 0 Å². The molecule has 3 rings (SSSR count). The van der Waals surface area contributed by atoms with E-state index in [0.717, 1.165) is 10.8 Å². The Kier molecular flexibility index (Phi) is 4.95. The number of para-hydroxylation sites is 2. The normalized spacial score (nSPS) is 10.3. The van der Waals surface area contributed by atoms with Gasteiger partial charge in [0.05, 0.1) is 19.3 Å². The standard InChI is InChI=1S/C20H18N2O3/c1-25-18-9-5-4-8-17(18)22-19(23)13-21-20(24)16-11-10-14-6-2-3-7-15(14)12-16/h2-12H,13H2,1H3,(H,21,24)(H,22,23). The smallest absolute Gasteiger partial charge is 0.251 e. The molecule has 0 radical (unpaired) electrons. The van der Waals surface area contributed by atoms with E-state index in [9.17, 15) is 9.59 Å². The Morgan fingerprint density at radius 2 is 1.64 bits per heavy atom. The molecule has 0 aliphatic rings. The Bertz CT molecular complexity index is 921. The third-order valence-electron chi connectivity index (χ3n) is 3.80.